The number of thiocarbonyl (C=S) groups is 2. The van der Waals surface area contributed by atoms with Crippen LogP contribution < -0.4 is 10.6 Å². The molecule has 2 aromatic carbocycles. The lowest BCUT2D eigenvalue weighted by Crippen LogP contribution is -2.31. The van der Waals surface area contributed by atoms with Crippen LogP contribution in [-0.2, 0) is 48.1 Å². The number of nitrogens with zero attached hydrogens (tertiary/aromatic N) is 1. The zero-order chi connectivity index (χ0) is 47.3. The predicted octanol–water partition coefficient (Wildman–Crippen LogP) is 4.15. The molecule has 0 amide bonds. The van der Waals surface area contributed by atoms with Crippen molar-refractivity contribution in [2.45, 2.75) is 29.1 Å². The number of esters is 2. The summed E-state index contributed by atoms with van der Waals surface area (Å²) in [6, 6.07) is 14.0. The van der Waals surface area contributed by atoms with Crippen LogP contribution in [0.3, 0.4) is 0 Å². The van der Waals surface area contributed by atoms with Crippen molar-refractivity contribution in [1.29, 1.82) is 0 Å². The summed E-state index contributed by atoms with van der Waals surface area (Å²) in [6.07, 6.45) is 5.34. The Balaban J connectivity index is 0.000000411. The number of alkyl halides is 6. The van der Waals surface area contributed by atoms with Crippen LogP contribution in [0.4, 0.5) is 26.3 Å². The summed E-state index contributed by atoms with van der Waals surface area (Å²) in [4.78, 5) is 27.8. The maximum absolute atomic E-state index is 11.8. The second-order valence-electron chi connectivity index (χ2n) is 11.4. The van der Waals surface area contributed by atoms with Crippen molar-refractivity contribution in [3.63, 3.8) is 0 Å². The largest absolute Gasteiger partial charge is 0.741 e. The monoisotopic (exact) mass is 986 g/mol. The van der Waals surface area contributed by atoms with E-state index >= 15 is 0 Å². The topological polar surface area (TPSA) is 238 Å². The fourth-order valence-corrected chi connectivity index (χ4v) is 4.85. The Kier molecular flexibility index (Phi) is 23.4. The molecule has 3 aliphatic rings. The van der Waals surface area contributed by atoms with Crippen molar-refractivity contribution in [2.24, 2.45) is 4.99 Å². The SMILES string of the molecule is C=Cc1ccc(C(=O)OCC2COC(=S)N2)cc1.C=Cc1ccc(C(=O)OCC2COC(SC)=N2)cc1.COS(=O)(=O)C(F)(F)F.O=S(=O)([O-])C(F)(F)F.OCC1COC(=S)N1. The highest BCUT2D eigenvalue weighted by Crippen LogP contribution is 2.23. The number of rotatable bonds is 10. The molecule has 2 saturated heterocycles. The van der Waals surface area contributed by atoms with Gasteiger partial charge in [-0.15, -0.1) is 0 Å². The zero-order valence-corrected chi connectivity index (χ0v) is 36.3. The van der Waals surface area contributed by atoms with Crippen LogP contribution in [0.5, 0.6) is 0 Å². The normalized spacial score (nSPS) is 17.8. The third kappa shape index (κ3) is 20.5. The summed E-state index contributed by atoms with van der Waals surface area (Å²) in [6.45, 7) is 9.28. The molecule has 28 heteroatoms. The summed E-state index contributed by atoms with van der Waals surface area (Å²) in [5, 5.41) is 15.5. The molecular weight excluding hydrogens is 949 g/mol. The van der Waals surface area contributed by atoms with Gasteiger partial charge in [-0.1, -0.05) is 61.3 Å². The van der Waals surface area contributed by atoms with Gasteiger partial charge in [-0.05, 0) is 66.1 Å². The van der Waals surface area contributed by atoms with Crippen LogP contribution in [0.2, 0.25) is 0 Å². The van der Waals surface area contributed by atoms with E-state index in [1.165, 1.54) is 11.8 Å². The summed E-state index contributed by atoms with van der Waals surface area (Å²) in [5.74, 6) is -0.700. The van der Waals surface area contributed by atoms with Crippen LogP contribution in [-0.4, -0.2) is 136 Å². The first-order valence-electron chi connectivity index (χ1n) is 16.7. The molecule has 3 atom stereocenters. The number of aliphatic hydroxyl groups excluding tert-OH is 1. The van der Waals surface area contributed by atoms with Crippen molar-refractivity contribution >= 4 is 96.1 Å². The Bertz CT molecular complexity index is 2070. The minimum Gasteiger partial charge on any atom is -0.741 e. The minimum atomic E-state index is -6.09. The van der Waals surface area contributed by atoms with E-state index in [1.807, 2.05) is 30.5 Å². The van der Waals surface area contributed by atoms with Crippen LogP contribution in [0.1, 0.15) is 31.8 Å². The van der Waals surface area contributed by atoms with Gasteiger partial charge in [0.15, 0.2) is 10.1 Å². The molecule has 0 aromatic heterocycles. The van der Waals surface area contributed by atoms with Crippen LogP contribution >= 0.6 is 36.2 Å². The standard InChI is InChI=1S/C14H15NO3S.C13H13NO3S.C4H7NO2S.C2H3F3O3S.CHF3O3S/c1-3-10-4-6-11(7-5-10)13(16)17-8-12-9-18-14(15-12)19-2;1-2-9-3-5-10(6-4-9)12(15)16-7-11-8-17-13(18)14-11;6-1-3-2-7-4(8)5-3;1-8-9(6,7)2(3,4)5;2-1(3,4)8(5,6)7/h3-7,12H,1,8-9H2,2H3;2-6,11H,1,7-8H2,(H,14,18);3,6H,1-2H2,(H,5,8);1H3;(H,5,6,7)/p-1. The molecule has 62 heavy (non-hydrogen) atoms. The van der Waals surface area contributed by atoms with Gasteiger partial charge in [0.05, 0.1) is 36.9 Å². The van der Waals surface area contributed by atoms with Gasteiger partial charge >= 0.3 is 33.1 Å². The molecule has 3 unspecified atom stereocenters. The average molecular weight is 987 g/mol. The maximum Gasteiger partial charge on any atom is 0.523 e. The van der Waals surface area contributed by atoms with Crippen LogP contribution in [0, 0.1) is 0 Å². The number of halogens is 6. The van der Waals surface area contributed by atoms with E-state index in [-0.39, 0.29) is 49.9 Å². The van der Waals surface area contributed by atoms with E-state index in [2.05, 4.69) is 45.2 Å². The zero-order valence-electron chi connectivity index (χ0n) is 32.2. The van der Waals surface area contributed by atoms with E-state index in [9.17, 15) is 44.3 Å². The first kappa shape index (κ1) is 55.4. The summed E-state index contributed by atoms with van der Waals surface area (Å²) >= 11 is 10.9. The molecule has 0 saturated carbocycles. The van der Waals surface area contributed by atoms with Crippen molar-refractivity contribution < 1.29 is 90.3 Å². The first-order chi connectivity index (χ1) is 28.8. The van der Waals surface area contributed by atoms with Gasteiger partial charge in [-0.2, -0.15) is 34.8 Å². The summed E-state index contributed by atoms with van der Waals surface area (Å²) in [5.41, 5.74) is -7.98. The van der Waals surface area contributed by atoms with Gasteiger partial charge in [0.25, 0.3) is 10.3 Å². The lowest BCUT2D eigenvalue weighted by atomic mass is 10.1. The third-order valence-electron chi connectivity index (χ3n) is 6.93. The van der Waals surface area contributed by atoms with Crippen molar-refractivity contribution in [1.82, 2.24) is 10.6 Å². The molecule has 0 radical (unpaired) electrons. The third-order valence-corrected chi connectivity index (χ3v) is 9.55. The highest BCUT2D eigenvalue weighted by molar-refractivity contribution is 8.12. The summed E-state index contributed by atoms with van der Waals surface area (Å²) < 4.78 is 140. The molecule has 3 N–H and O–H groups in total. The highest BCUT2D eigenvalue weighted by Gasteiger charge is 2.46. The number of aliphatic imine (C=N–C) groups is 1. The number of aliphatic hydroxyl groups is 1. The number of benzene rings is 2. The second-order valence-corrected chi connectivity index (χ2v) is 16.0. The molecule has 346 valence electrons. The molecule has 17 nitrogen and oxygen atoms in total. The summed E-state index contributed by atoms with van der Waals surface area (Å²) in [7, 11) is -11.0. The molecule has 0 aliphatic carbocycles. The number of hydrogen-bond acceptors (Lipinski definition) is 18. The molecule has 3 heterocycles. The van der Waals surface area contributed by atoms with Gasteiger partial charge < -0.3 is 44.0 Å². The lowest BCUT2D eigenvalue weighted by molar-refractivity contribution is -0.0528. The fraction of sp³-hybridized carbons (Fsp3) is 0.382. The van der Waals surface area contributed by atoms with Crippen molar-refractivity contribution in [3.8, 4) is 0 Å². The molecular formula is C34H38F6N3O14S5-. The first-order valence-corrected chi connectivity index (χ1v) is 21.6. The number of ether oxygens (including phenoxy) is 5. The molecule has 3 aliphatic heterocycles. The number of carbonyl (C=O) groups is 2. The van der Waals surface area contributed by atoms with Gasteiger partial charge in [0.2, 0.25) is 5.23 Å². The Morgan fingerprint density at radius 3 is 1.52 bits per heavy atom. The Labute approximate surface area is 366 Å². The average Bonchev–Trinajstić information content (AvgIpc) is 3.99. The molecule has 0 bridgehead atoms. The maximum atomic E-state index is 11.8. The quantitative estimate of drug-likeness (QED) is 0.0757. The minimum absolute atomic E-state index is 0.0162. The van der Waals surface area contributed by atoms with Gasteiger partial charge in [-0.3, -0.25) is 4.18 Å². The van der Waals surface area contributed by atoms with E-state index in [4.69, 9.17) is 54.0 Å². The smallest absolute Gasteiger partial charge is 0.523 e. The van der Waals surface area contributed by atoms with Crippen LogP contribution in [0.15, 0.2) is 66.7 Å². The van der Waals surface area contributed by atoms with Crippen molar-refractivity contribution in [3.05, 3.63) is 83.9 Å². The van der Waals surface area contributed by atoms with E-state index in [1.54, 1.807) is 36.4 Å². The lowest BCUT2D eigenvalue weighted by Gasteiger charge is -2.09. The molecule has 5 rings (SSSR count). The van der Waals surface area contributed by atoms with Gasteiger partial charge in [0, 0.05) is 0 Å². The van der Waals surface area contributed by atoms with E-state index in [0.717, 1.165) is 11.1 Å². The molecule has 2 fully saturated rings. The van der Waals surface area contributed by atoms with E-state index in [0.29, 0.717) is 53.6 Å². The van der Waals surface area contributed by atoms with E-state index < -0.39 is 31.3 Å². The Hall–Kier alpha value is -4.58. The number of carbonyl (C=O) groups excluding carboxylic acids is 2. The number of nitrogens with one attached hydrogen (secondary N) is 2. The van der Waals surface area contributed by atoms with Gasteiger partial charge in [0.1, 0.15) is 39.1 Å². The Morgan fingerprint density at radius 1 is 0.823 bits per heavy atom. The number of hydrogen-bond donors (Lipinski definition) is 3. The van der Waals surface area contributed by atoms with Crippen LogP contribution in [0.25, 0.3) is 12.2 Å². The molecule has 2 aromatic rings. The Morgan fingerprint density at radius 2 is 1.24 bits per heavy atom. The van der Waals surface area contributed by atoms with Crippen molar-refractivity contribution in [2.75, 3.05) is 53.0 Å². The highest BCUT2D eigenvalue weighted by atomic mass is 32.2. The number of thioether (sulfide) groups is 1. The predicted molar refractivity (Wildman–Crippen MR) is 220 cm³/mol. The fourth-order valence-electron chi connectivity index (χ4n) is 3.75. The molecule has 0 spiro atoms. The second kappa shape index (κ2) is 26.1. The van der Waals surface area contributed by atoms with Gasteiger partial charge in [-0.25, -0.2) is 23.0 Å².